The molecule has 0 atom stereocenters. The third kappa shape index (κ3) is 7.28. The first-order chi connectivity index (χ1) is 12.1. The predicted molar refractivity (Wildman–Crippen MR) is 113 cm³/mol. The fourth-order valence-electron chi connectivity index (χ4n) is 4.33. The molecule has 0 saturated carbocycles. The number of rotatable bonds is 3. The second-order valence-corrected chi connectivity index (χ2v) is 8.94. The van der Waals surface area contributed by atoms with Gasteiger partial charge in [-0.1, -0.05) is 90.6 Å². The van der Waals surface area contributed by atoms with Gasteiger partial charge in [0.05, 0.1) is 0 Å². The molecule has 0 spiro atoms. The molecule has 160 valence electrons. The molecule has 2 aromatic rings. The largest absolute Gasteiger partial charge is 4.00 e. The Kier molecular flexibility index (Phi) is 13.2. The summed E-state index contributed by atoms with van der Waals surface area (Å²) in [6.45, 7) is 15.7. The maximum absolute atomic E-state index is 3.65. The van der Waals surface area contributed by atoms with E-state index in [9.17, 15) is 0 Å². The standard InChI is InChI=1S/C26H31.3ClH.Ti/c1-17-11-18(2)14-21(13-17)25(22-15-19(3)12-20(4)16-22)23-9-8-10-24(23)26(5,6)7;;;;/h9,11-16,25H,8H2,1-7H3;3*1H;/q-1;;;;+4/p-3. The van der Waals surface area contributed by atoms with Gasteiger partial charge in [-0.2, -0.15) is 11.6 Å². The molecule has 0 fully saturated rings. The van der Waals surface area contributed by atoms with Crippen LogP contribution in [0.2, 0.25) is 0 Å². The molecule has 0 radical (unpaired) electrons. The molecule has 0 unspecified atom stereocenters. The molecule has 30 heavy (non-hydrogen) atoms. The number of hydrogen-bond donors (Lipinski definition) is 0. The van der Waals surface area contributed by atoms with Gasteiger partial charge in [0.15, 0.2) is 0 Å². The minimum absolute atomic E-state index is 0. The van der Waals surface area contributed by atoms with Crippen LogP contribution in [0.4, 0.5) is 0 Å². The van der Waals surface area contributed by atoms with Gasteiger partial charge in [0.25, 0.3) is 0 Å². The van der Waals surface area contributed by atoms with E-state index in [1.54, 1.807) is 0 Å². The summed E-state index contributed by atoms with van der Waals surface area (Å²) in [6, 6.07) is 13.9. The van der Waals surface area contributed by atoms with E-state index in [4.69, 9.17) is 0 Å². The molecular formula is C26H31Cl3Ti. The molecule has 0 heterocycles. The number of aryl methyl sites for hydroxylation is 4. The average Bonchev–Trinajstić information content (AvgIpc) is 2.94. The molecule has 0 amide bonds. The Morgan fingerprint density at radius 3 is 1.40 bits per heavy atom. The summed E-state index contributed by atoms with van der Waals surface area (Å²) < 4.78 is 0. The monoisotopic (exact) mass is 496 g/mol. The Bertz CT molecular complexity index is 813. The van der Waals surface area contributed by atoms with Crippen LogP contribution in [0.25, 0.3) is 0 Å². The van der Waals surface area contributed by atoms with Crippen molar-refractivity contribution < 1.29 is 58.9 Å². The van der Waals surface area contributed by atoms with Crippen molar-refractivity contribution in [3.63, 3.8) is 0 Å². The minimum atomic E-state index is 0. The molecular weight excluding hydrogens is 467 g/mol. The van der Waals surface area contributed by atoms with Gasteiger partial charge in [-0.25, -0.2) is 5.57 Å². The van der Waals surface area contributed by atoms with Gasteiger partial charge in [0.2, 0.25) is 0 Å². The van der Waals surface area contributed by atoms with Crippen molar-refractivity contribution in [2.45, 2.75) is 60.8 Å². The van der Waals surface area contributed by atoms with Crippen LogP contribution in [-0.4, -0.2) is 0 Å². The van der Waals surface area contributed by atoms with Crippen LogP contribution in [0.5, 0.6) is 0 Å². The van der Waals surface area contributed by atoms with Gasteiger partial charge in [-0.15, -0.1) is 6.42 Å². The zero-order chi connectivity index (χ0) is 19.1. The van der Waals surface area contributed by atoms with Gasteiger partial charge in [-0.05, 0) is 39.0 Å². The van der Waals surface area contributed by atoms with Crippen LogP contribution in [-0.2, 0) is 21.7 Å². The summed E-state index contributed by atoms with van der Waals surface area (Å²) in [6.07, 6.45) is 6.96. The van der Waals surface area contributed by atoms with E-state index in [0.29, 0.717) is 0 Å². The molecule has 4 heteroatoms. The van der Waals surface area contributed by atoms with Crippen molar-refractivity contribution in [2.75, 3.05) is 0 Å². The van der Waals surface area contributed by atoms with Crippen molar-refractivity contribution in [3.05, 3.63) is 93.1 Å². The topological polar surface area (TPSA) is 0 Å². The zero-order valence-corrected chi connectivity index (χ0v) is 22.8. The summed E-state index contributed by atoms with van der Waals surface area (Å²) >= 11 is 0. The van der Waals surface area contributed by atoms with Crippen molar-refractivity contribution >= 4 is 0 Å². The number of allylic oxidation sites excluding steroid dienone is 4. The van der Waals surface area contributed by atoms with Crippen LogP contribution in [0, 0.1) is 39.2 Å². The van der Waals surface area contributed by atoms with Crippen LogP contribution < -0.4 is 37.2 Å². The molecule has 0 aliphatic heterocycles. The van der Waals surface area contributed by atoms with Crippen molar-refractivity contribution in [2.24, 2.45) is 5.41 Å². The van der Waals surface area contributed by atoms with Gasteiger partial charge >= 0.3 is 21.7 Å². The number of benzene rings is 2. The van der Waals surface area contributed by atoms with E-state index in [-0.39, 0.29) is 70.3 Å². The predicted octanol–water partition coefficient (Wildman–Crippen LogP) is -1.83. The van der Waals surface area contributed by atoms with E-state index in [1.165, 1.54) is 44.5 Å². The first kappa shape index (κ1) is 31.7. The second-order valence-electron chi connectivity index (χ2n) is 8.94. The number of hydrogen-bond acceptors (Lipinski definition) is 0. The van der Waals surface area contributed by atoms with Gasteiger partial charge in [0, 0.05) is 0 Å². The van der Waals surface area contributed by atoms with E-state index in [0.717, 1.165) is 6.42 Å². The van der Waals surface area contributed by atoms with E-state index in [1.807, 2.05) is 0 Å². The van der Waals surface area contributed by atoms with E-state index in [2.05, 4.69) is 97.0 Å². The molecule has 0 aromatic heterocycles. The maximum atomic E-state index is 3.65. The molecule has 0 saturated heterocycles. The first-order valence-corrected chi connectivity index (χ1v) is 9.63. The zero-order valence-electron chi connectivity index (χ0n) is 19.0. The van der Waals surface area contributed by atoms with E-state index >= 15 is 0 Å². The van der Waals surface area contributed by atoms with Crippen LogP contribution in [0.15, 0.2) is 53.6 Å². The smallest absolute Gasteiger partial charge is 1.00 e. The van der Waals surface area contributed by atoms with Gasteiger partial charge in [0.1, 0.15) is 0 Å². The molecule has 0 bridgehead atoms. The Hall–Kier alpha value is -0.496. The van der Waals surface area contributed by atoms with Crippen LogP contribution in [0.1, 0.15) is 66.5 Å². The summed E-state index contributed by atoms with van der Waals surface area (Å²) in [5, 5.41) is 0. The third-order valence-electron chi connectivity index (χ3n) is 5.11. The van der Waals surface area contributed by atoms with Crippen molar-refractivity contribution in [1.82, 2.24) is 0 Å². The van der Waals surface area contributed by atoms with Crippen molar-refractivity contribution in [1.29, 1.82) is 0 Å². The van der Waals surface area contributed by atoms with Gasteiger partial charge < -0.3 is 37.2 Å². The Labute approximate surface area is 217 Å². The quantitative estimate of drug-likeness (QED) is 0.346. The maximum Gasteiger partial charge on any atom is 4.00 e. The summed E-state index contributed by atoms with van der Waals surface area (Å²) in [4.78, 5) is 0. The molecule has 0 N–H and O–H groups in total. The summed E-state index contributed by atoms with van der Waals surface area (Å²) in [5.41, 5.74) is 11.0. The van der Waals surface area contributed by atoms with Gasteiger partial charge in [-0.3, -0.25) is 6.08 Å². The molecule has 1 aliphatic carbocycles. The summed E-state index contributed by atoms with van der Waals surface area (Å²) in [7, 11) is 0. The Morgan fingerprint density at radius 1 is 0.700 bits per heavy atom. The fourth-order valence-corrected chi connectivity index (χ4v) is 4.33. The molecule has 1 aliphatic rings. The Morgan fingerprint density at radius 2 is 1.07 bits per heavy atom. The normalized spacial score (nSPS) is 12.7. The van der Waals surface area contributed by atoms with Crippen LogP contribution in [0.3, 0.4) is 0 Å². The summed E-state index contributed by atoms with van der Waals surface area (Å²) in [5.74, 6) is 0.274. The third-order valence-corrected chi connectivity index (χ3v) is 5.11. The first-order valence-electron chi connectivity index (χ1n) is 9.63. The molecule has 2 aromatic carbocycles. The molecule has 3 rings (SSSR count). The van der Waals surface area contributed by atoms with Crippen molar-refractivity contribution in [3.8, 4) is 0 Å². The fraction of sp³-hybridized carbons (Fsp3) is 0.385. The number of halogens is 3. The van der Waals surface area contributed by atoms with E-state index < -0.39 is 0 Å². The second kappa shape index (κ2) is 12.5. The minimum Gasteiger partial charge on any atom is -1.00 e. The average molecular weight is 498 g/mol. The SMILES string of the molecule is Cc1cc(C)cc(C(C2=CC[C-]=C2C(C)(C)C)c2cc(C)cc(C)c2)c1.[Cl-].[Cl-].[Cl-].[Ti+4]. The Balaban J connectivity index is 0. The van der Waals surface area contributed by atoms with Crippen LogP contribution >= 0.6 is 0 Å². The molecule has 0 nitrogen and oxygen atoms in total.